The van der Waals surface area contributed by atoms with Gasteiger partial charge in [0.15, 0.2) is 0 Å². The summed E-state index contributed by atoms with van der Waals surface area (Å²) in [4.78, 5) is 2.38. The van der Waals surface area contributed by atoms with Gasteiger partial charge in [0.2, 0.25) is 0 Å². The van der Waals surface area contributed by atoms with Gasteiger partial charge in [-0.3, -0.25) is 0 Å². The highest BCUT2D eigenvalue weighted by molar-refractivity contribution is 5.55. The van der Waals surface area contributed by atoms with Gasteiger partial charge in [0.25, 0.3) is 0 Å². The monoisotopic (exact) mass is 230 g/mol. The molecule has 0 aromatic heterocycles. The van der Waals surface area contributed by atoms with Gasteiger partial charge in [-0.1, -0.05) is 12.5 Å². The van der Waals surface area contributed by atoms with E-state index in [0.29, 0.717) is 0 Å². The molecule has 0 saturated heterocycles. The maximum atomic E-state index is 5.84. The quantitative estimate of drug-likeness (QED) is 0.808. The topological polar surface area (TPSA) is 29.3 Å². The van der Waals surface area contributed by atoms with Crippen LogP contribution in [0.1, 0.15) is 25.7 Å². The average molecular weight is 230 g/mol. The molecule has 3 rings (SSSR count). The Kier molecular flexibility index (Phi) is 2.73. The van der Waals surface area contributed by atoms with Crippen molar-refractivity contribution in [3.8, 4) is 0 Å². The van der Waals surface area contributed by atoms with Gasteiger partial charge in [0, 0.05) is 25.0 Å². The van der Waals surface area contributed by atoms with Gasteiger partial charge in [0.1, 0.15) is 0 Å². The minimum atomic E-state index is 0.863. The minimum absolute atomic E-state index is 0.863. The fourth-order valence-corrected chi connectivity index (χ4v) is 3.82. The molecule has 0 amide bonds. The van der Waals surface area contributed by atoms with E-state index in [1.54, 1.807) is 0 Å². The number of fused-ring (bicyclic) bond motifs is 2. The number of hydrogen-bond acceptors (Lipinski definition) is 2. The zero-order valence-electron chi connectivity index (χ0n) is 10.6. The second-order valence-electron chi connectivity index (χ2n) is 5.91. The summed E-state index contributed by atoms with van der Waals surface area (Å²) in [5, 5.41) is 0. The van der Waals surface area contributed by atoms with E-state index in [1.165, 1.54) is 37.9 Å². The van der Waals surface area contributed by atoms with Crippen LogP contribution in [0.25, 0.3) is 0 Å². The van der Waals surface area contributed by atoms with Crippen molar-refractivity contribution in [1.29, 1.82) is 0 Å². The molecule has 0 heterocycles. The first kappa shape index (κ1) is 10.9. The molecule has 2 N–H and O–H groups in total. The van der Waals surface area contributed by atoms with Crippen LogP contribution in [0.4, 0.5) is 11.4 Å². The maximum absolute atomic E-state index is 5.84. The van der Waals surface area contributed by atoms with Crippen LogP contribution >= 0.6 is 0 Å². The number of nitrogen functional groups attached to an aromatic ring is 1. The normalized spacial score (nSPS) is 30.8. The van der Waals surface area contributed by atoms with Crippen molar-refractivity contribution < 1.29 is 0 Å². The summed E-state index contributed by atoms with van der Waals surface area (Å²) in [6.45, 7) is 1.20. The second-order valence-corrected chi connectivity index (χ2v) is 5.91. The highest BCUT2D eigenvalue weighted by Gasteiger charge is 2.39. The van der Waals surface area contributed by atoms with E-state index in [4.69, 9.17) is 5.73 Å². The molecule has 2 aliphatic rings. The zero-order valence-corrected chi connectivity index (χ0v) is 10.6. The fraction of sp³-hybridized carbons (Fsp3) is 0.600. The van der Waals surface area contributed by atoms with Crippen molar-refractivity contribution in [1.82, 2.24) is 0 Å². The number of anilines is 2. The van der Waals surface area contributed by atoms with Crippen molar-refractivity contribution in [2.24, 2.45) is 17.8 Å². The Morgan fingerprint density at radius 1 is 1.29 bits per heavy atom. The lowest BCUT2D eigenvalue weighted by molar-refractivity contribution is 0.337. The van der Waals surface area contributed by atoms with Crippen molar-refractivity contribution >= 4 is 11.4 Å². The van der Waals surface area contributed by atoms with Crippen LogP contribution in [0.15, 0.2) is 24.3 Å². The molecule has 0 spiro atoms. The lowest BCUT2D eigenvalue weighted by Crippen LogP contribution is -2.28. The molecule has 1 aromatic rings. The number of hydrogen-bond donors (Lipinski definition) is 1. The Hall–Kier alpha value is -1.18. The number of rotatable bonds is 3. The molecule has 2 aliphatic carbocycles. The number of nitrogens with two attached hydrogens (primary N) is 1. The van der Waals surface area contributed by atoms with Gasteiger partial charge in [0.05, 0.1) is 0 Å². The fourth-order valence-electron chi connectivity index (χ4n) is 3.82. The predicted molar refractivity (Wildman–Crippen MR) is 73.1 cm³/mol. The third-order valence-electron chi connectivity index (χ3n) is 4.70. The standard InChI is InChI=1S/C15H22N2/c1-17(15-4-2-3-14(16)9-15)10-13-8-11-5-6-12(13)7-11/h2-4,9,11-13H,5-8,10,16H2,1H3. The van der Waals surface area contributed by atoms with Gasteiger partial charge in [-0.2, -0.15) is 0 Å². The summed E-state index contributed by atoms with van der Waals surface area (Å²) >= 11 is 0. The highest BCUT2D eigenvalue weighted by Crippen LogP contribution is 2.48. The van der Waals surface area contributed by atoms with Gasteiger partial charge >= 0.3 is 0 Å². The first-order valence-corrected chi connectivity index (χ1v) is 6.79. The van der Waals surface area contributed by atoms with E-state index in [2.05, 4.69) is 24.1 Å². The lowest BCUT2D eigenvalue weighted by atomic mass is 9.88. The zero-order chi connectivity index (χ0) is 11.8. The Morgan fingerprint density at radius 2 is 2.18 bits per heavy atom. The van der Waals surface area contributed by atoms with E-state index >= 15 is 0 Å². The van der Waals surface area contributed by atoms with Gasteiger partial charge in [-0.15, -0.1) is 0 Å². The maximum Gasteiger partial charge on any atom is 0.0384 e. The molecule has 2 saturated carbocycles. The van der Waals surface area contributed by atoms with E-state index < -0.39 is 0 Å². The Balaban J connectivity index is 1.65. The van der Waals surface area contributed by atoms with Crippen LogP contribution in [0, 0.1) is 17.8 Å². The van der Waals surface area contributed by atoms with Gasteiger partial charge < -0.3 is 10.6 Å². The average Bonchev–Trinajstić information content (AvgIpc) is 2.91. The molecule has 2 nitrogen and oxygen atoms in total. The molecular weight excluding hydrogens is 208 g/mol. The SMILES string of the molecule is CN(CC1CC2CCC1C2)c1cccc(N)c1. The first-order chi connectivity index (χ1) is 8.22. The van der Waals surface area contributed by atoms with Crippen molar-refractivity contribution in [2.75, 3.05) is 24.2 Å². The summed E-state index contributed by atoms with van der Waals surface area (Å²) in [6.07, 6.45) is 5.91. The molecule has 0 radical (unpaired) electrons. The summed E-state index contributed by atoms with van der Waals surface area (Å²) < 4.78 is 0. The van der Waals surface area contributed by atoms with Crippen LogP contribution < -0.4 is 10.6 Å². The Bertz CT molecular complexity index is 402. The third-order valence-corrected chi connectivity index (χ3v) is 4.70. The highest BCUT2D eigenvalue weighted by atomic mass is 15.1. The smallest absolute Gasteiger partial charge is 0.0384 e. The van der Waals surface area contributed by atoms with Crippen molar-refractivity contribution in [3.05, 3.63) is 24.3 Å². The van der Waals surface area contributed by atoms with Gasteiger partial charge in [-0.25, -0.2) is 0 Å². The Morgan fingerprint density at radius 3 is 2.82 bits per heavy atom. The summed E-state index contributed by atoms with van der Waals surface area (Å²) in [5.41, 5.74) is 7.96. The van der Waals surface area contributed by atoms with Crippen LogP contribution in [-0.2, 0) is 0 Å². The largest absolute Gasteiger partial charge is 0.399 e. The summed E-state index contributed by atoms with van der Waals surface area (Å²) in [7, 11) is 2.20. The predicted octanol–water partition coefficient (Wildman–Crippen LogP) is 3.14. The van der Waals surface area contributed by atoms with E-state index in [9.17, 15) is 0 Å². The Labute approximate surface area is 104 Å². The molecular formula is C15H22N2. The van der Waals surface area contributed by atoms with Crippen LogP contribution in [0.2, 0.25) is 0 Å². The minimum Gasteiger partial charge on any atom is -0.399 e. The van der Waals surface area contributed by atoms with Crippen LogP contribution in [0.3, 0.4) is 0 Å². The van der Waals surface area contributed by atoms with Gasteiger partial charge in [-0.05, 0) is 55.2 Å². The molecule has 2 fully saturated rings. The molecule has 0 aliphatic heterocycles. The molecule has 2 heteroatoms. The summed E-state index contributed by atoms with van der Waals surface area (Å²) in [6, 6.07) is 8.23. The van der Waals surface area contributed by atoms with E-state index in [0.717, 1.165) is 23.4 Å². The van der Waals surface area contributed by atoms with Crippen molar-refractivity contribution in [3.63, 3.8) is 0 Å². The molecule has 2 bridgehead atoms. The number of nitrogens with zero attached hydrogens (tertiary/aromatic N) is 1. The lowest BCUT2D eigenvalue weighted by Gasteiger charge is -2.28. The first-order valence-electron chi connectivity index (χ1n) is 6.79. The van der Waals surface area contributed by atoms with Crippen molar-refractivity contribution in [2.45, 2.75) is 25.7 Å². The molecule has 3 unspecified atom stereocenters. The summed E-state index contributed by atoms with van der Waals surface area (Å²) in [5.74, 6) is 2.96. The third kappa shape index (κ3) is 2.13. The number of benzene rings is 1. The van der Waals surface area contributed by atoms with E-state index in [-0.39, 0.29) is 0 Å². The molecule has 1 aromatic carbocycles. The molecule has 3 atom stereocenters. The van der Waals surface area contributed by atoms with E-state index in [1.807, 2.05) is 12.1 Å². The van der Waals surface area contributed by atoms with Crippen LogP contribution in [-0.4, -0.2) is 13.6 Å². The molecule has 17 heavy (non-hydrogen) atoms. The van der Waals surface area contributed by atoms with Crippen LogP contribution in [0.5, 0.6) is 0 Å². The molecule has 92 valence electrons. The second kappa shape index (κ2) is 4.25.